The van der Waals surface area contributed by atoms with Crippen LogP contribution in [-0.2, 0) is 4.74 Å². The molecule has 0 aromatic carbocycles. The summed E-state index contributed by atoms with van der Waals surface area (Å²) in [4.78, 5) is 0. The topological polar surface area (TPSA) is 21.3 Å². The van der Waals surface area contributed by atoms with Gasteiger partial charge in [-0.3, -0.25) is 0 Å². The van der Waals surface area contributed by atoms with E-state index in [1.165, 1.54) is 25.8 Å². The highest BCUT2D eigenvalue weighted by Crippen LogP contribution is 2.26. The lowest BCUT2D eigenvalue weighted by Crippen LogP contribution is -2.30. The van der Waals surface area contributed by atoms with Crippen LogP contribution in [0.5, 0.6) is 0 Å². The Morgan fingerprint density at radius 3 is 2.91 bits per heavy atom. The molecule has 2 aliphatic rings. The van der Waals surface area contributed by atoms with E-state index in [4.69, 9.17) is 4.74 Å². The zero-order chi connectivity index (χ0) is 7.68. The maximum absolute atomic E-state index is 5.54. The van der Waals surface area contributed by atoms with Gasteiger partial charge in [-0.05, 0) is 32.7 Å². The van der Waals surface area contributed by atoms with Crippen molar-refractivity contribution in [3.05, 3.63) is 0 Å². The van der Waals surface area contributed by atoms with Crippen LogP contribution in [0.1, 0.15) is 26.2 Å². The fourth-order valence-electron chi connectivity index (χ4n) is 2.24. The molecule has 0 radical (unpaired) electrons. The molecular formula is C9H17NO. The van der Waals surface area contributed by atoms with Crippen molar-refractivity contribution >= 4 is 0 Å². The summed E-state index contributed by atoms with van der Waals surface area (Å²) in [6.07, 6.45) is 4.48. The molecule has 2 saturated heterocycles. The Bertz CT molecular complexity index is 132. The molecule has 2 rings (SSSR count). The van der Waals surface area contributed by atoms with Gasteiger partial charge in [0.05, 0.1) is 12.7 Å². The lowest BCUT2D eigenvalue weighted by atomic mass is 9.96. The van der Waals surface area contributed by atoms with Crippen LogP contribution >= 0.6 is 0 Å². The number of ether oxygens (including phenoxy) is 1. The highest BCUT2D eigenvalue weighted by Gasteiger charge is 2.30. The third kappa shape index (κ3) is 1.57. The molecule has 0 aromatic heterocycles. The molecule has 64 valence electrons. The first-order valence-corrected chi connectivity index (χ1v) is 4.71. The molecule has 2 fully saturated rings. The number of hydrogen-bond donors (Lipinski definition) is 1. The van der Waals surface area contributed by atoms with Crippen LogP contribution in [0.25, 0.3) is 0 Å². The Morgan fingerprint density at radius 1 is 1.45 bits per heavy atom. The number of rotatable bonds is 1. The molecule has 2 aliphatic heterocycles. The van der Waals surface area contributed by atoms with Gasteiger partial charge in [0.15, 0.2) is 0 Å². The third-order valence-corrected chi connectivity index (χ3v) is 2.90. The van der Waals surface area contributed by atoms with Crippen molar-refractivity contribution in [2.75, 3.05) is 13.2 Å². The molecule has 0 bridgehead atoms. The average Bonchev–Trinajstić information content (AvgIpc) is 2.55. The van der Waals surface area contributed by atoms with Crippen LogP contribution in [0.4, 0.5) is 0 Å². The van der Waals surface area contributed by atoms with Crippen LogP contribution in [0.3, 0.4) is 0 Å². The predicted molar refractivity (Wildman–Crippen MR) is 44.5 cm³/mol. The standard InChI is InChI=1S/C9H17NO/c1-7-5-8(6-11-7)9-3-2-4-10-9/h7-10H,2-6H2,1H3. The summed E-state index contributed by atoms with van der Waals surface area (Å²) in [5.41, 5.74) is 0. The Hall–Kier alpha value is -0.0800. The second-order valence-corrected chi connectivity index (χ2v) is 3.84. The van der Waals surface area contributed by atoms with Crippen molar-refractivity contribution in [1.29, 1.82) is 0 Å². The largest absolute Gasteiger partial charge is 0.378 e. The fraction of sp³-hybridized carbons (Fsp3) is 1.00. The lowest BCUT2D eigenvalue weighted by molar-refractivity contribution is 0.117. The number of hydrogen-bond acceptors (Lipinski definition) is 2. The molecule has 2 heterocycles. The monoisotopic (exact) mass is 155 g/mol. The molecule has 3 atom stereocenters. The molecule has 0 aliphatic carbocycles. The summed E-state index contributed by atoms with van der Waals surface area (Å²) in [5.74, 6) is 0.799. The van der Waals surface area contributed by atoms with Crippen LogP contribution in [0.2, 0.25) is 0 Å². The van der Waals surface area contributed by atoms with E-state index in [0.29, 0.717) is 6.10 Å². The highest BCUT2D eigenvalue weighted by atomic mass is 16.5. The van der Waals surface area contributed by atoms with Crippen molar-refractivity contribution in [2.45, 2.75) is 38.3 Å². The quantitative estimate of drug-likeness (QED) is 0.613. The minimum Gasteiger partial charge on any atom is -0.378 e. The van der Waals surface area contributed by atoms with E-state index >= 15 is 0 Å². The lowest BCUT2D eigenvalue weighted by Gasteiger charge is -2.16. The molecule has 2 nitrogen and oxygen atoms in total. The van der Waals surface area contributed by atoms with Crippen LogP contribution in [0, 0.1) is 5.92 Å². The van der Waals surface area contributed by atoms with Gasteiger partial charge in [-0.25, -0.2) is 0 Å². The predicted octanol–water partition coefficient (Wildman–Crippen LogP) is 1.16. The molecule has 3 unspecified atom stereocenters. The molecular weight excluding hydrogens is 138 g/mol. The highest BCUT2D eigenvalue weighted by molar-refractivity contribution is 4.85. The summed E-state index contributed by atoms with van der Waals surface area (Å²) in [5, 5.41) is 3.54. The van der Waals surface area contributed by atoms with E-state index in [1.54, 1.807) is 0 Å². The van der Waals surface area contributed by atoms with Gasteiger partial charge >= 0.3 is 0 Å². The summed E-state index contributed by atoms with van der Waals surface area (Å²) >= 11 is 0. The van der Waals surface area contributed by atoms with E-state index in [-0.39, 0.29) is 0 Å². The van der Waals surface area contributed by atoms with Gasteiger partial charge in [-0.15, -0.1) is 0 Å². The van der Waals surface area contributed by atoms with Gasteiger partial charge in [0.2, 0.25) is 0 Å². The van der Waals surface area contributed by atoms with Gasteiger partial charge in [-0.1, -0.05) is 0 Å². The van der Waals surface area contributed by atoms with Crippen molar-refractivity contribution in [3.63, 3.8) is 0 Å². The second kappa shape index (κ2) is 3.11. The SMILES string of the molecule is CC1CC(C2CCCN2)CO1. The zero-order valence-electron chi connectivity index (χ0n) is 7.18. The Morgan fingerprint density at radius 2 is 2.36 bits per heavy atom. The molecule has 1 N–H and O–H groups in total. The minimum absolute atomic E-state index is 0.502. The fourth-order valence-corrected chi connectivity index (χ4v) is 2.24. The molecule has 0 spiro atoms. The minimum atomic E-state index is 0.502. The maximum Gasteiger partial charge on any atom is 0.0551 e. The first kappa shape index (κ1) is 7.56. The smallest absolute Gasteiger partial charge is 0.0551 e. The Kier molecular flexibility index (Phi) is 2.14. The van der Waals surface area contributed by atoms with E-state index < -0.39 is 0 Å². The van der Waals surface area contributed by atoms with Crippen molar-refractivity contribution < 1.29 is 4.74 Å². The maximum atomic E-state index is 5.54. The van der Waals surface area contributed by atoms with E-state index in [2.05, 4.69) is 12.2 Å². The van der Waals surface area contributed by atoms with Gasteiger partial charge < -0.3 is 10.1 Å². The zero-order valence-corrected chi connectivity index (χ0v) is 7.18. The van der Waals surface area contributed by atoms with Crippen LogP contribution in [-0.4, -0.2) is 25.3 Å². The van der Waals surface area contributed by atoms with E-state index in [9.17, 15) is 0 Å². The molecule has 11 heavy (non-hydrogen) atoms. The van der Waals surface area contributed by atoms with Gasteiger partial charge in [0, 0.05) is 12.0 Å². The normalized spacial score (nSPS) is 45.0. The summed E-state index contributed by atoms with van der Waals surface area (Å²) in [6.45, 7) is 4.38. The average molecular weight is 155 g/mol. The van der Waals surface area contributed by atoms with Gasteiger partial charge in [-0.2, -0.15) is 0 Å². The van der Waals surface area contributed by atoms with Crippen LogP contribution in [0.15, 0.2) is 0 Å². The Labute approximate surface area is 68.3 Å². The summed E-state index contributed by atoms with van der Waals surface area (Å²) in [7, 11) is 0. The first-order chi connectivity index (χ1) is 5.36. The van der Waals surface area contributed by atoms with Gasteiger partial charge in [0.25, 0.3) is 0 Å². The van der Waals surface area contributed by atoms with Crippen LogP contribution < -0.4 is 5.32 Å². The molecule has 0 aromatic rings. The van der Waals surface area contributed by atoms with E-state index in [1.807, 2.05) is 0 Å². The molecule has 0 amide bonds. The second-order valence-electron chi connectivity index (χ2n) is 3.84. The van der Waals surface area contributed by atoms with Crippen molar-refractivity contribution in [1.82, 2.24) is 5.32 Å². The third-order valence-electron chi connectivity index (χ3n) is 2.90. The Balaban J connectivity index is 1.85. The summed E-state index contributed by atoms with van der Waals surface area (Å²) < 4.78 is 5.54. The number of nitrogens with one attached hydrogen (secondary N) is 1. The molecule has 2 heteroatoms. The molecule has 0 saturated carbocycles. The van der Waals surface area contributed by atoms with E-state index in [0.717, 1.165) is 18.6 Å². The van der Waals surface area contributed by atoms with Gasteiger partial charge in [0.1, 0.15) is 0 Å². The summed E-state index contributed by atoms with van der Waals surface area (Å²) in [6, 6.07) is 0.764. The van der Waals surface area contributed by atoms with Crippen molar-refractivity contribution in [3.8, 4) is 0 Å². The first-order valence-electron chi connectivity index (χ1n) is 4.71. The van der Waals surface area contributed by atoms with Crippen molar-refractivity contribution in [2.24, 2.45) is 5.92 Å².